The van der Waals surface area contributed by atoms with Crippen LogP contribution in [0.15, 0.2) is 24.3 Å². The molecule has 6 nitrogen and oxygen atoms in total. The molecule has 0 bridgehead atoms. The fraction of sp³-hybridized carbons (Fsp3) is 0.571. The Morgan fingerprint density at radius 1 is 1.37 bits per heavy atom. The topological polar surface area (TPSA) is 71.9 Å². The summed E-state index contributed by atoms with van der Waals surface area (Å²) >= 11 is 1.72. The zero-order chi connectivity index (χ0) is 25.3. The zero-order valence-electron chi connectivity index (χ0n) is 21.3. The molecule has 1 aromatic heterocycles. The van der Waals surface area contributed by atoms with Crippen LogP contribution in [0.3, 0.4) is 0 Å². The van der Waals surface area contributed by atoms with Gasteiger partial charge in [0.15, 0.2) is 0 Å². The SMILES string of the molecule is C#CCN(C)C(=O)[C@@H](C)C1CC[C@@]2(C)Cc3sc(COc4ccc(OC)cc4)nc3[C@@H](C)[C@@H]2[C@H]1O. The molecule has 1 fully saturated rings. The standard InChI is InChI=1S/C28H36N2O4S/c1-7-14-30(5)27(32)17(2)21-12-13-28(4)15-22-25(18(3)24(28)26(21)31)29-23(35-22)16-34-20-10-8-19(33-6)9-11-20/h1,8-11,17-18,21,24,26,31H,12-16H2,2-6H3/t17-,18-,21?,24+,26-,28-/m0/s1. The van der Waals surface area contributed by atoms with E-state index in [1.54, 1.807) is 30.4 Å². The minimum absolute atomic E-state index is 0.00591. The van der Waals surface area contributed by atoms with Crippen LogP contribution in [0.5, 0.6) is 11.5 Å². The Hall–Kier alpha value is -2.56. The Kier molecular flexibility index (Phi) is 7.44. The fourth-order valence-electron chi connectivity index (χ4n) is 6.22. The predicted molar refractivity (Wildman–Crippen MR) is 138 cm³/mol. The number of amides is 1. The summed E-state index contributed by atoms with van der Waals surface area (Å²) < 4.78 is 11.2. The van der Waals surface area contributed by atoms with Gasteiger partial charge in [0.1, 0.15) is 23.1 Å². The number of methoxy groups -OCH3 is 1. The molecule has 1 heterocycles. The van der Waals surface area contributed by atoms with Crippen molar-refractivity contribution in [1.29, 1.82) is 0 Å². The fourth-order valence-corrected chi connectivity index (χ4v) is 7.51. The van der Waals surface area contributed by atoms with Crippen molar-refractivity contribution >= 4 is 17.2 Å². The maximum atomic E-state index is 12.9. The molecule has 2 aromatic rings. The van der Waals surface area contributed by atoms with Gasteiger partial charge in [-0.05, 0) is 60.8 Å². The minimum atomic E-state index is -0.559. The van der Waals surface area contributed by atoms with Crippen LogP contribution in [-0.2, 0) is 17.8 Å². The summed E-state index contributed by atoms with van der Waals surface area (Å²) in [6.07, 6.45) is 7.55. The maximum Gasteiger partial charge on any atom is 0.226 e. The number of benzene rings is 1. The van der Waals surface area contributed by atoms with Crippen molar-refractivity contribution in [3.63, 3.8) is 0 Å². The summed E-state index contributed by atoms with van der Waals surface area (Å²) in [4.78, 5) is 20.8. The molecule has 1 unspecified atom stereocenters. The van der Waals surface area contributed by atoms with E-state index < -0.39 is 6.10 Å². The molecule has 2 aliphatic carbocycles. The summed E-state index contributed by atoms with van der Waals surface area (Å²) in [5.41, 5.74) is 1.06. The van der Waals surface area contributed by atoms with Crippen LogP contribution < -0.4 is 9.47 Å². The second-order valence-corrected chi connectivity index (χ2v) is 11.6. The van der Waals surface area contributed by atoms with Crippen LogP contribution in [0.25, 0.3) is 0 Å². The van der Waals surface area contributed by atoms with Crippen molar-refractivity contribution in [3.05, 3.63) is 39.8 Å². The van der Waals surface area contributed by atoms with Crippen molar-refractivity contribution in [2.75, 3.05) is 20.7 Å². The van der Waals surface area contributed by atoms with Gasteiger partial charge < -0.3 is 19.5 Å². The largest absolute Gasteiger partial charge is 0.497 e. The number of hydrogen-bond donors (Lipinski definition) is 1. The summed E-state index contributed by atoms with van der Waals surface area (Å²) in [7, 11) is 3.38. The molecule has 35 heavy (non-hydrogen) atoms. The van der Waals surface area contributed by atoms with Gasteiger partial charge in [0, 0.05) is 23.8 Å². The van der Waals surface area contributed by atoms with Crippen molar-refractivity contribution in [2.24, 2.45) is 23.2 Å². The van der Waals surface area contributed by atoms with E-state index in [9.17, 15) is 9.90 Å². The minimum Gasteiger partial charge on any atom is -0.497 e. The Balaban J connectivity index is 1.49. The molecule has 4 rings (SSSR count). The molecule has 0 saturated heterocycles. The molecular formula is C28H36N2O4S. The molecule has 0 aliphatic heterocycles. The third-order valence-electron chi connectivity index (χ3n) is 8.12. The van der Waals surface area contributed by atoms with Crippen LogP contribution in [-0.4, -0.2) is 47.7 Å². The highest BCUT2D eigenvalue weighted by Gasteiger charge is 2.54. The molecule has 6 atom stereocenters. The average Bonchev–Trinajstić information content (AvgIpc) is 3.25. The number of rotatable bonds is 7. The Morgan fingerprint density at radius 2 is 2.06 bits per heavy atom. The summed E-state index contributed by atoms with van der Waals surface area (Å²) in [5, 5.41) is 12.5. The third-order valence-corrected chi connectivity index (χ3v) is 9.17. The average molecular weight is 497 g/mol. The van der Waals surface area contributed by atoms with Gasteiger partial charge in [-0.15, -0.1) is 17.8 Å². The summed E-state index contributed by atoms with van der Waals surface area (Å²) in [5.74, 6) is 3.92. The number of terminal acetylenes is 1. The van der Waals surface area contributed by atoms with E-state index in [2.05, 4.69) is 19.8 Å². The Morgan fingerprint density at radius 3 is 2.71 bits per heavy atom. The second kappa shape index (κ2) is 10.2. The van der Waals surface area contributed by atoms with Crippen molar-refractivity contribution in [1.82, 2.24) is 9.88 Å². The molecule has 1 aromatic carbocycles. The van der Waals surface area contributed by atoms with Gasteiger partial charge in [-0.25, -0.2) is 4.98 Å². The summed E-state index contributed by atoms with van der Waals surface area (Å²) in [6, 6.07) is 7.54. The van der Waals surface area contributed by atoms with Gasteiger partial charge in [-0.3, -0.25) is 4.79 Å². The first-order chi connectivity index (χ1) is 16.7. The molecule has 0 radical (unpaired) electrons. The molecule has 0 spiro atoms. The Bertz CT molecular complexity index is 1090. The van der Waals surface area contributed by atoms with Crippen LogP contribution in [0.1, 0.15) is 55.1 Å². The number of ether oxygens (including phenoxy) is 2. The van der Waals surface area contributed by atoms with Crippen LogP contribution >= 0.6 is 11.3 Å². The van der Waals surface area contributed by atoms with E-state index in [4.69, 9.17) is 20.9 Å². The maximum absolute atomic E-state index is 12.9. The van der Waals surface area contributed by atoms with Crippen molar-refractivity contribution in [2.45, 2.75) is 58.7 Å². The number of carbonyl (C=O) groups excluding carboxylic acids is 1. The number of aromatic nitrogens is 1. The van der Waals surface area contributed by atoms with Crippen LogP contribution in [0.2, 0.25) is 0 Å². The van der Waals surface area contributed by atoms with Crippen molar-refractivity contribution < 1.29 is 19.4 Å². The van der Waals surface area contributed by atoms with E-state index in [0.717, 1.165) is 41.5 Å². The van der Waals surface area contributed by atoms with Gasteiger partial charge in [0.2, 0.25) is 5.91 Å². The molecule has 1 N–H and O–H groups in total. The first-order valence-corrected chi connectivity index (χ1v) is 13.1. The monoisotopic (exact) mass is 496 g/mol. The van der Waals surface area contributed by atoms with Crippen LogP contribution in [0.4, 0.5) is 0 Å². The number of thiazole rings is 1. The second-order valence-electron chi connectivity index (χ2n) is 10.4. The lowest BCUT2D eigenvalue weighted by atomic mass is 9.53. The highest BCUT2D eigenvalue weighted by molar-refractivity contribution is 7.11. The zero-order valence-corrected chi connectivity index (χ0v) is 22.1. The van der Waals surface area contributed by atoms with Gasteiger partial charge >= 0.3 is 0 Å². The highest BCUT2D eigenvalue weighted by atomic mass is 32.1. The molecule has 2 aliphatic rings. The van der Waals surface area contributed by atoms with Gasteiger partial charge in [0.25, 0.3) is 0 Å². The number of fused-ring (bicyclic) bond motifs is 2. The molecule has 1 amide bonds. The Labute approximate surface area is 212 Å². The van der Waals surface area contributed by atoms with Crippen molar-refractivity contribution in [3.8, 4) is 23.8 Å². The quantitative estimate of drug-likeness (QED) is 0.571. The number of nitrogens with zero attached hydrogens (tertiary/aromatic N) is 2. The third kappa shape index (κ3) is 4.92. The molecule has 1 saturated carbocycles. The lowest BCUT2D eigenvalue weighted by Crippen LogP contribution is -2.53. The van der Waals surface area contributed by atoms with E-state index in [0.29, 0.717) is 6.61 Å². The first-order valence-electron chi connectivity index (χ1n) is 12.3. The predicted octanol–water partition coefficient (Wildman–Crippen LogP) is 4.51. The number of carbonyl (C=O) groups is 1. The van der Waals surface area contributed by atoms with E-state index in [-0.39, 0.29) is 41.5 Å². The van der Waals surface area contributed by atoms with Gasteiger partial charge in [-0.2, -0.15) is 0 Å². The van der Waals surface area contributed by atoms with E-state index >= 15 is 0 Å². The first kappa shape index (κ1) is 25.5. The van der Waals surface area contributed by atoms with Gasteiger partial charge in [-0.1, -0.05) is 26.7 Å². The van der Waals surface area contributed by atoms with Crippen LogP contribution in [0, 0.1) is 35.5 Å². The van der Waals surface area contributed by atoms with E-state index in [1.165, 1.54) is 4.88 Å². The van der Waals surface area contributed by atoms with E-state index in [1.807, 2.05) is 31.2 Å². The molecule has 7 heteroatoms. The molecule has 188 valence electrons. The highest BCUT2D eigenvalue weighted by Crippen LogP contribution is 2.57. The van der Waals surface area contributed by atoms with Gasteiger partial charge in [0.05, 0.1) is 25.5 Å². The lowest BCUT2D eigenvalue weighted by Gasteiger charge is -2.53. The number of aliphatic hydroxyl groups is 1. The number of hydrogen-bond acceptors (Lipinski definition) is 6. The smallest absolute Gasteiger partial charge is 0.226 e. The normalized spacial score (nSPS) is 28.3. The lowest BCUT2D eigenvalue weighted by molar-refractivity contribution is -0.142. The summed E-state index contributed by atoms with van der Waals surface area (Å²) in [6.45, 7) is 7.10. The number of aliphatic hydroxyl groups excluding tert-OH is 1. The molecular weight excluding hydrogens is 460 g/mol.